The Bertz CT molecular complexity index is 1430. The van der Waals surface area contributed by atoms with E-state index in [0.29, 0.717) is 45.2 Å². The molecule has 0 saturated heterocycles. The summed E-state index contributed by atoms with van der Waals surface area (Å²) in [5.41, 5.74) is 1.59. The Balaban J connectivity index is 1.55. The van der Waals surface area contributed by atoms with Crippen LogP contribution in [0.25, 0.3) is 10.9 Å². The summed E-state index contributed by atoms with van der Waals surface area (Å²) in [7, 11) is 0. The maximum absolute atomic E-state index is 13.1. The van der Waals surface area contributed by atoms with E-state index in [-0.39, 0.29) is 18.1 Å². The monoisotopic (exact) mass is 538 g/mol. The number of aryl methyl sites for hydroxylation is 1. The van der Waals surface area contributed by atoms with Crippen LogP contribution in [0.3, 0.4) is 0 Å². The van der Waals surface area contributed by atoms with E-state index in [4.69, 9.17) is 16.3 Å². The molecule has 0 aliphatic heterocycles. The normalized spacial score (nSPS) is 11.1. The van der Waals surface area contributed by atoms with Crippen LogP contribution in [0.15, 0.2) is 81.1 Å². The number of carbonyl (C=O) groups is 1. The highest BCUT2D eigenvalue weighted by Gasteiger charge is 2.11. The van der Waals surface area contributed by atoms with Crippen molar-refractivity contribution in [3.63, 3.8) is 0 Å². The standard InChI is InChI=1S/C25H20BrClN4O3/c1-2-23-30-21-12-7-17(26)13-20(21)25(33)31(23)28-14-16-5-3-4-6-22(16)34-15-24(32)29-19-10-8-18(27)9-11-19/h3-14H,2,15H2,1H3,(H,29,32). The number of benzene rings is 3. The van der Waals surface area contributed by atoms with Gasteiger partial charge >= 0.3 is 0 Å². The number of halogens is 2. The third-order valence-electron chi connectivity index (χ3n) is 4.91. The van der Waals surface area contributed by atoms with Crippen LogP contribution in [-0.2, 0) is 11.2 Å². The van der Waals surface area contributed by atoms with Gasteiger partial charge in [0, 0.05) is 27.2 Å². The highest BCUT2D eigenvalue weighted by Crippen LogP contribution is 2.18. The molecule has 1 N–H and O–H groups in total. The number of hydrogen-bond donors (Lipinski definition) is 1. The molecule has 7 nitrogen and oxygen atoms in total. The predicted molar refractivity (Wildman–Crippen MR) is 138 cm³/mol. The van der Waals surface area contributed by atoms with E-state index in [0.717, 1.165) is 4.47 Å². The second-order valence-corrected chi connectivity index (χ2v) is 8.64. The lowest BCUT2D eigenvalue weighted by atomic mass is 10.2. The van der Waals surface area contributed by atoms with Crippen molar-refractivity contribution >= 4 is 56.2 Å². The SMILES string of the molecule is CCc1nc2ccc(Br)cc2c(=O)n1N=Cc1ccccc1OCC(=O)Nc1ccc(Cl)cc1. The number of anilines is 1. The number of nitrogens with one attached hydrogen (secondary N) is 1. The average Bonchev–Trinajstić information content (AvgIpc) is 2.84. The van der Waals surface area contributed by atoms with Crippen molar-refractivity contribution in [2.24, 2.45) is 5.10 Å². The van der Waals surface area contributed by atoms with Crippen LogP contribution in [0.1, 0.15) is 18.3 Å². The van der Waals surface area contributed by atoms with Gasteiger partial charge in [0.05, 0.1) is 17.1 Å². The number of ether oxygens (including phenoxy) is 1. The number of para-hydroxylation sites is 1. The molecule has 0 fully saturated rings. The van der Waals surface area contributed by atoms with E-state index < -0.39 is 0 Å². The van der Waals surface area contributed by atoms with Crippen molar-refractivity contribution in [2.45, 2.75) is 13.3 Å². The molecule has 4 aromatic rings. The van der Waals surface area contributed by atoms with Gasteiger partial charge in [-0.1, -0.05) is 46.6 Å². The molecule has 9 heteroatoms. The van der Waals surface area contributed by atoms with Crippen LogP contribution in [0.2, 0.25) is 5.02 Å². The second-order valence-electron chi connectivity index (χ2n) is 7.29. The van der Waals surface area contributed by atoms with E-state index in [9.17, 15) is 9.59 Å². The molecular weight excluding hydrogens is 520 g/mol. The third-order valence-corrected chi connectivity index (χ3v) is 5.65. The van der Waals surface area contributed by atoms with Crippen molar-refractivity contribution in [3.8, 4) is 5.75 Å². The van der Waals surface area contributed by atoms with Crippen LogP contribution in [0, 0.1) is 0 Å². The lowest BCUT2D eigenvalue weighted by Gasteiger charge is -2.10. The van der Waals surface area contributed by atoms with Crippen LogP contribution in [-0.4, -0.2) is 28.4 Å². The van der Waals surface area contributed by atoms with E-state index in [1.807, 2.05) is 19.1 Å². The number of carbonyl (C=O) groups excluding carboxylic acids is 1. The van der Waals surface area contributed by atoms with Gasteiger partial charge in [0.1, 0.15) is 11.6 Å². The summed E-state index contributed by atoms with van der Waals surface area (Å²) < 4.78 is 7.79. The topological polar surface area (TPSA) is 85.6 Å². The zero-order valence-electron chi connectivity index (χ0n) is 18.2. The van der Waals surface area contributed by atoms with Gasteiger partial charge < -0.3 is 10.1 Å². The molecular formula is C25H20BrClN4O3. The largest absolute Gasteiger partial charge is 0.483 e. The summed E-state index contributed by atoms with van der Waals surface area (Å²) in [6, 6.07) is 19.3. The molecule has 0 aliphatic rings. The summed E-state index contributed by atoms with van der Waals surface area (Å²) in [6.07, 6.45) is 2.06. The fraction of sp³-hybridized carbons (Fsp3) is 0.120. The molecule has 172 valence electrons. The number of nitrogens with zero attached hydrogens (tertiary/aromatic N) is 3. The fourth-order valence-electron chi connectivity index (χ4n) is 3.25. The minimum atomic E-state index is -0.317. The van der Waals surface area contributed by atoms with Crippen LogP contribution < -0.4 is 15.6 Å². The minimum absolute atomic E-state index is 0.195. The van der Waals surface area contributed by atoms with Gasteiger partial charge in [-0.2, -0.15) is 9.78 Å². The summed E-state index contributed by atoms with van der Waals surface area (Å²) in [5.74, 6) is 0.680. The Kier molecular flexibility index (Phi) is 7.40. The van der Waals surface area contributed by atoms with Gasteiger partial charge in [0.2, 0.25) is 0 Å². The molecule has 0 radical (unpaired) electrons. The number of amides is 1. The van der Waals surface area contributed by atoms with Crippen LogP contribution in [0.4, 0.5) is 5.69 Å². The molecule has 0 unspecified atom stereocenters. The summed E-state index contributed by atoms with van der Waals surface area (Å²) in [4.78, 5) is 29.9. The molecule has 0 atom stereocenters. The number of aromatic nitrogens is 2. The summed E-state index contributed by atoms with van der Waals surface area (Å²) >= 11 is 9.26. The summed E-state index contributed by atoms with van der Waals surface area (Å²) in [5, 5.41) is 8.20. The van der Waals surface area contributed by atoms with E-state index in [1.165, 1.54) is 10.9 Å². The van der Waals surface area contributed by atoms with Crippen molar-refractivity contribution in [1.29, 1.82) is 0 Å². The first-order valence-electron chi connectivity index (χ1n) is 10.5. The molecule has 1 aromatic heterocycles. The van der Waals surface area contributed by atoms with Gasteiger partial charge in [0.25, 0.3) is 11.5 Å². The maximum Gasteiger partial charge on any atom is 0.282 e. The van der Waals surface area contributed by atoms with Gasteiger partial charge in [-0.25, -0.2) is 4.98 Å². The fourth-order valence-corrected chi connectivity index (χ4v) is 3.74. The zero-order valence-corrected chi connectivity index (χ0v) is 20.5. The average molecular weight is 540 g/mol. The van der Waals surface area contributed by atoms with Crippen LogP contribution >= 0.6 is 27.5 Å². The van der Waals surface area contributed by atoms with Crippen molar-refractivity contribution in [1.82, 2.24) is 9.66 Å². The molecule has 0 bridgehead atoms. The van der Waals surface area contributed by atoms with Gasteiger partial charge in [-0.15, -0.1) is 0 Å². The van der Waals surface area contributed by atoms with Crippen LogP contribution in [0.5, 0.6) is 5.75 Å². The highest BCUT2D eigenvalue weighted by atomic mass is 79.9. The molecule has 1 amide bonds. The summed E-state index contributed by atoms with van der Waals surface area (Å²) in [6.45, 7) is 1.72. The van der Waals surface area contributed by atoms with Gasteiger partial charge in [0.15, 0.2) is 6.61 Å². The lowest BCUT2D eigenvalue weighted by molar-refractivity contribution is -0.118. The Morgan fingerprint density at radius 2 is 1.94 bits per heavy atom. The molecule has 1 heterocycles. The maximum atomic E-state index is 13.1. The third kappa shape index (κ3) is 5.52. The Hall–Kier alpha value is -3.49. The smallest absolute Gasteiger partial charge is 0.282 e. The number of rotatable bonds is 7. The quantitative estimate of drug-likeness (QED) is 0.324. The van der Waals surface area contributed by atoms with E-state index in [1.54, 1.807) is 54.6 Å². The zero-order chi connectivity index (χ0) is 24.1. The molecule has 0 aliphatic carbocycles. The van der Waals surface area contributed by atoms with Gasteiger partial charge in [-0.05, 0) is 54.6 Å². The Morgan fingerprint density at radius 1 is 1.18 bits per heavy atom. The first-order valence-corrected chi connectivity index (χ1v) is 11.6. The van der Waals surface area contributed by atoms with Crippen molar-refractivity contribution in [3.05, 3.63) is 98.0 Å². The highest BCUT2D eigenvalue weighted by molar-refractivity contribution is 9.10. The van der Waals surface area contributed by atoms with E-state index >= 15 is 0 Å². The molecule has 3 aromatic carbocycles. The first-order chi connectivity index (χ1) is 16.4. The molecule has 0 spiro atoms. The number of fused-ring (bicyclic) bond motifs is 1. The van der Waals surface area contributed by atoms with E-state index in [2.05, 4.69) is 31.3 Å². The minimum Gasteiger partial charge on any atom is -0.483 e. The van der Waals surface area contributed by atoms with Crippen molar-refractivity contribution < 1.29 is 9.53 Å². The molecule has 34 heavy (non-hydrogen) atoms. The second kappa shape index (κ2) is 10.6. The lowest BCUT2D eigenvalue weighted by Crippen LogP contribution is -2.22. The van der Waals surface area contributed by atoms with Crippen molar-refractivity contribution in [2.75, 3.05) is 11.9 Å². The predicted octanol–water partition coefficient (Wildman–Crippen LogP) is 5.27. The molecule has 0 saturated carbocycles. The van der Waals surface area contributed by atoms with Gasteiger partial charge in [-0.3, -0.25) is 9.59 Å². The molecule has 4 rings (SSSR count). The first kappa shape index (κ1) is 23.7. The number of hydrogen-bond acceptors (Lipinski definition) is 5. The Labute approximate surface area is 209 Å². The Morgan fingerprint density at radius 3 is 2.71 bits per heavy atom.